The first-order valence-corrected chi connectivity index (χ1v) is 14.5. The molecule has 5 heterocycles. The van der Waals surface area contributed by atoms with Crippen molar-refractivity contribution in [1.82, 2.24) is 19.1 Å². The van der Waals surface area contributed by atoms with Gasteiger partial charge in [0, 0.05) is 34.1 Å². The molecule has 0 fully saturated rings. The van der Waals surface area contributed by atoms with Crippen molar-refractivity contribution in [2.45, 2.75) is 30.1 Å². The second kappa shape index (κ2) is 8.60. The van der Waals surface area contributed by atoms with Crippen LogP contribution in [-0.2, 0) is 27.8 Å². The Morgan fingerprint density at radius 2 is 2.00 bits per heavy atom. The third-order valence-corrected chi connectivity index (χ3v) is 11.0. The molecule has 13 heteroatoms. The molecule has 9 nitrogen and oxygen atoms in total. The van der Waals surface area contributed by atoms with E-state index < -0.39 is 22.0 Å². The summed E-state index contributed by atoms with van der Waals surface area (Å²) in [5.74, 6) is 0.255. The Bertz CT molecular complexity index is 1660. The molecule has 6 rings (SSSR count). The van der Waals surface area contributed by atoms with Crippen LogP contribution in [0.4, 0.5) is 0 Å². The number of hydrogen-bond donors (Lipinski definition) is 1. The maximum Gasteiger partial charge on any atom is 0.252 e. The topological polar surface area (TPSA) is 124 Å². The van der Waals surface area contributed by atoms with Crippen LogP contribution in [0.3, 0.4) is 0 Å². The number of aryl methyl sites for hydroxylation is 1. The Hall–Kier alpha value is -2.90. The number of sulfonamides is 1. The average molecular weight is 559 g/mol. The molecule has 2 aliphatic heterocycles. The van der Waals surface area contributed by atoms with Crippen LogP contribution in [0.5, 0.6) is 0 Å². The highest BCUT2D eigenvalue weighted by Gasteiger charge is 2.38. The predicted molar refractivity (Wildman–Crippen MR) is 139 cm³/mol. The van der Waals surface area contributed by atoms with E-state index in [0.29, 0.717) is 45.1 Å². The van der Waals surface area contributed by atoms with Crippen LogP contribution >= 0.6 is 34.3 Å². The number of nitrogens with zero attached hydrogens (tertiary/aromatic N) is 5. The number of rotatable bonds is 4. The van der Waals surface area contributed by atoms with E-state index >= 15 is 0 Å². The Labute approximate surface area is 219 Å². The molecule has 0 saturated heterocycles. The fourth-order valence-electron chi connectivity index (χ4n) is 4.62. The number of benzene rings is 1. The van der Waals surface area contributed by atoms with Crippen LogP contribution in [0.1, 0.15) is 39.3 Å². The first-order chi connectivity index (χ1) is 17.3. The van der Waals surface area contributed by atoms with Gasteiger partial charge in [-0.15, -0.1) is 32.9 Å². The summed E-state index contributed by atoms with van der Waals surface area (Å²) >= 11 is 9.26. The Kier molecular flexibility index (Phi) is 5.61. The molecule has 0 bridgehead atoms. The van der Waals surface area contributed by atoms with Gasteiger partial charge in [0.1, 0.15) is 15.0 Å². The summed E-state index contributed by atoms with van der Waals surface area (Å²) in [6.07, 6.45) is 0.479. The highest BCUT2D eigenvalue weighted by atomic mass is 35.5. The van der Waals surface area contributed by atoms with Gasteiger partial charge in [-0.2, -0.15) is 4.31 Å². The number of aromatic nitrogens is 3. The van der Waals surface area contributed by atoms with Gasteiger partial charge in [-0.05, 0) is 36.4 Å². The van der Waals surface area contributed by atoms with Gasteiger partial charge >= 0.3 is 0 Å². The average Bonchev–Trinajstić information content (AvgIpc) is 3.57. The van der Waals surface area contributed by atoms with Gasteiger partial charge < -0.3 is 5.73 Å². The van der Waals surface area contributed by atoms with Crippen molar-refractivity contribution in [3.05, 3.63) is 80.0 Å². The predicted octanol–water partition coefficient (Wildman–Crippen LogP) is 3.48. The quantitative estimate of drug-likeness (QED) is 0.411. The lowest BCUT2D eigenvalue weighted by Crippen LogP contribution is -2.35. The van der Waals surface area contributed by atoms with Crippen LogP contribution in [0.25, 0.3) is 5.00 Å². The van der Waals surface area contributed by atoms with E-state index in [0.717, 1.165) is 21.0 Å². The summed E-state index contributed by atoms with van der Waals surface area (Å²) in [4.78, 5) is 18.2. The lowest BCUT2D eigenvalue weighted by Gasteiger charge is -2.26. The summed E-state index contributed by atoms with van der Waals surface area (Å²) < 4.78 is 30.1. The van der Waals surface area contributed by atoms with E-state index in [9.17, 15) is 13.2 Å². The van der Waals surface area contributed by atoms with E-state index in [1.54, 1.807) is 35.1 Å². The minimum absolute atomic E-state index is 0.235. The number of carbonyl (C=O) groups is 1. The SMILES string of the molecule is Cc1nnc2n1-c1sc3c(c1C(c1ccccc1Cl)=NC2C(N)=O)CCN(S(=O)(=O)c1cccs1)C3. The molecule has 1 aromatic carbocycles. The van der Waals surface area contributed by atoms with Gasteiger partial charge in [0.15, 0.2) is 11.9 Å². The van der Waals surface area contributed by atoms with Gasteiger partial charge in [-0.25, -0.2) is 8.42 Å². The van der Waals surface area contributed by atoms with E-state index in [4.69, 9.17) is 22.3 Å². The molecule has 1 atom stereocenters. The lowest BCUT2D eigenvalue weighted by atomic mass is 9.95. The van der Waals surface area contributed by atoms with Crippen LogP contribution in [0.15, 0.2) is 51.0 Å². The molecule has 4 aromatic rings. The van der Waals surface area contributed by atoms with Crippen molar-refractivity contribution < 1.29 is 13.2 Å². The Morgan fingerprint density at radius 1 is 1.19 bits per heavy atom. The van der Waals surface area contributed by atoms with Crippen molar-refractivity contribution >= 4 is 55.9 Å². The van der Waals surface area contributed by atoms with Gasteiger partial charge in [0.25, 0.3) is 10.0 Å². The molecule has 0 aliphatic carbocycles. The molecule has 36 heavy (non-hydrogen) atoms. The highest BCUT2D eigenvalue weighted by Crippen LogP contribution is 2.43. The summed E-state index contributed by atoms with van der Waals surface area (Å²) in [6, 6.07) is 9.60. The summed E-state index contributed by atoms with van der Waals surface area (Å²) in [6.45, 7) is 2.35. The molecular formula is C23H19ClN6O3S3. The number of fused-ring (bicyclic) bond motifs is 5. The van der Waals surface area contributed by atoms with Crippen molar-refractivity contribution in [3.8, 4) is 5.00 Å². The molecular weight excluding hydrogens is 540 g/mol. The van der Waals surface area contributed by atoms with Gasteiger partial charge in [-0.3, -0.25) is 14.4 Å². The van der Waals surface area contributed by atoms with E-state index in [-0.39, 0.29) is 6.54 Å². The number of carbonyl (C=O) groups excluding carboxylic acids is 1. The molecule has 2 aliphatic rings. The maximum atomic E-state index is 13.2. The number of thiophene rings is 2. The maximum absolute atomic E-state index is 13.2. The highest BCUT2D eigenvalue weighted by molar-refractivity contribution is 7.91. The van der Waals surface area contributed by atoms with Crippen molar-refractivity contribution in [1.29, 1.82) is 0 Å². The molecule has 2 N–H and O–H groups in total. The molecule has 3 aromatic heterocycles. The number of nitrogens with two attached hydrogens (primary N) is 1. The molecule has 0 spiro atoms. The number of hydrogen-bond acceptors (Lipinski definition) is 8. The van der Waals surface area contributed by atoms with Crippen LogP contribution < -0.4 is 5.73 Å². The number of amides is 1. The molecule has 184 valence electrons. The zero-order valence-corrected chi connectivity index (χ0v) is 22.1. The largest absolute Gasteiger partial charge is 0.367 e. The zero-order valence-electron chi connectivity index (χ0n) is 18.9. The third kappa shape index (κ3) is 3.55. The van der Waals surface area contributed by atoms with E-state index in [1.807, 2.05) is 18.2 Å². The van der Waals surface area contributed by atoms with Crippen LogP contribution in [0, 0.1) is 6.92 Å². The number of halogens is 1. The Morgan fingerprint density at radius 3 is 2.72 bits per heavy atom. The minimum Gasteiger partial charge on any atom is -0.367 e. The van der Waals surface area contributed by atoms with Crippen molar-refractivity contribution in [2.24, 2.45) is 10.7 Å². The minimum atomic E-state index is -3.61. The second-order valence-electron chi connectivity index (χ2n) is 8.41. The van der Waals surface area contributed by atoms with Crippen molar-refractivity contribution in [3.63, 3.8) is 0 Å². The number of primary amides is 1. The molecule has 0 saturated carbocycles. The summed E-state index contributed by atoms with van der Waals surface area (Å²) in [5, 5.41) is 11.4. The smallest absolute Gasteiger partial charge is 0.252 e. The first kappa shape index (κ1) is 23.5. The standard InChI is InChI=1S/C23H19ClN6O3S3/c1-12-27-28-22-20(21(25)31)26-19(13-5-2-3-6-15(13)24)18-14-8-9-29(11-16(14)35-23(18)30(12)22)36(32,33)17-7-4-10-34-17/h2-7,10,20H,8-9,11H2,1H3,(H2,25,31). The fraction of sp³-hybridized carbons (Fsp3) is 0.217. The number of aliphatic imine (C=N–C) groups is 1. The summed E-state index contributed by atoms with van der Waals surface area (Å²) in [7, 11) is -3.61. The molecule has 1 amide bonds. The molecule has 1 unspecified atom stereocenters. The van der Waals surface area contributed by atoms with E-state index in [2.05, 4.69) is 10.2 Å². The normalized spacial score (nSPS) is 17.6. The van der Waals surface area contributed by atoms with E-state index in [1.165, 1.54) is 27.0 Å². The zero-order chi connectivity index (χ0) is 25.2. The first-order valence-electron chi connectivity index (χ1n) is 11.0. The molecule has 0 radical (unpaired) electrons. The van der Waals surface area contributed by atoms with Crippen LogP contribution in [0.2, 0.25) is 5.02 Å². The van der Waals surface area contributed by atoms with Crippen LogP contribution in [-0.4, -0.2) is 45.7 Å². The van der Waals surface area contributed by atoms with Gasteiger partial charge in [-0.1, -0.05) is 35.9 Å². The van der Waals surface area contributed by atoms with Crippen molar-refractivity contribution in [2.75, 3.05) is 6.54 Å². The Balaban J connectivity index is 1.57. The van der Waals surface area contributed by atoms with Gasteiger partial charge in [0.05, 0.1) is 5.71 Å². The van der Waals surface area contributed by atoms with Gasteiger partial charge in [0.2, 0.25) is 5.91 Å². The fourth-order valence-corrected chi connectivity index (χ4v) is 8.90. The lowest BCUT2D eigenvalue weighted by molar-refractivity contribution is -0.119. The second-order valence-corrected chi connectivity index (χ2v) is 13.0. The third-order valence-electron chi connectivity index (χ3n) is 6.28. The summed E-state index contributed by atoms with van der Waals surface area (Å²) in [5.41, 5.74) is 8.76. The monoisotopic (exact) mass is 558 g/mol.